The van der Waals surface area contributed by atoms with Gasteiger partial charge < -0.3 is 20.1 Å². The maximum atomic E-state index is 14.4. The Morgan fingerprint density at radius 1 is 1.34 bits per heavy atom. The molecule has 0 amide bonds. The normalized spacial score (nSPS) is 12.6. The summed E-state index contributed by atoms with van der Waals surface area (Å²) in [4.78, 5) is 19.8. The maximum Gasteiger partial charge on any atom is 0.358 e. The van der Waals surface area contributed by atoms with Crippen LogP contribution < -0.4 is 5.73 Å². The molecule has 1 atom stereocenters. The van der Waals surface area contributed by atoms with E-state index in [0.717, 1.165) is 6.07 Å². The summed E-state index contributed by atoms with van der Waals surface area (Å²) in [5, 5.41) is 14.1. The van der Waals surface area contributed by atoms with Crippen LogP contribution in [0.5, 0.6) is 0 Å². The largest absolute Gasteiger partial charge is 0.464 e. The number of aromatic nitrogens is 3. The molecule has 0 saturated heterocycles. The first-order valence-corrected chi connectivity index (χ1v) is 8.42. The zero-order chi connectivity index (χ0) is 21.2. The van der Waals surface area contributed by atoms with Crippen LogP contribution in [0.25, 0.3) is 11.3 Å². The van der Waals surface area contributed by atoms with Crippen LogP contribution in [-0.4, -0.2) is 33.3 Å². The molecule has 0 aliphatic carbocycles. The molecule has 8 nitrogen and oxygen atoms in total. The summed E-state index contributed by atoms with van der Waals surface area (Å²) < 4.78 is 23.9. The molecular formula is C20H17FN4O4. The number of anilines is 1. The molecule has 1 unspecified atom stereocenters. The van der Waals surface area contributed by atoms with Gasteiger partial charge in [-0.3, -0.25) is 0 Å². The first-order valence-electron chi connectivity index (χ1n) is 8.42. The number of ether oxygens (including phenoxy) is 1. The third kappa shape index (κ3) is 4.23. The van der Waals surface area contributed by atoms with Gasteiger partial charge in [0, 0.05) is 24.1 Å². The molecule has 2 aromatic heterocycles. The van der Waals surface area contributed by atoms with Crippen molar-refractivity contribution in [1.29, 1.82) is 0 Å². The molecule has 0 spiro atoms. The molecule has 3 aromatic rings. The van der Waals surface area contributed by atoms with Crippen molar-refractivity contribution < 1.29 is 23.6 Å². The monoisotopic (exact) mass is 396 g/mol. The summed E-state index contributed by atoms with van der Waals surface area (Å²) in [6.45, 7) is 3.03. The van der Waals surface area contributed by atoms with Crippen LogP contribution in [0.2, 0.25) is 0 Å². The standard InChI is InChI=1S/C20H17FN4O4/c1-11-23-19(25-29-11)20(2,27)8-7-12-5-4-6-13(9-12)16-14(21)10-15(22)17(24-16)18(26)28-3/h4-6,9-10,27H,22H2,1-3H3. The minimum atomic E-state index is -1.64. The smallest absolute Gasteiger partial charge is 0.358 e. The van der Waals surface area contributed by atoms with Crippen molar-refractivity contribution in [2.45, 2.75) is 19.4 Å². The molecule has 0 radical (unpaired) electrons. The summed E-state index contributed by atoms with van der Waals surface area (Å²) in [5.41, 5.74) is 4.47. The number of rotatable bonds is 3. The van der Waals surface area contributed by atoms with E-state index >= 15 is 0 Å². The van der Waals surface area contributed by atoms with Crippen LogP contribution in [0.1, 0.15) is 34.7 Å². The predicted molar refractivity (Wildman–Crippen MR) is 101 cm³/mol. The quantitative estimate of drug-likeness (QED) is 0.510. The maximum absolute atomic E-state index is 14.4. The van der Waals surface area contributed by atoms with E-state index in [9.17, 15) is 14.3 Å². The molecule has 0 aliphatic rings. The highest BCUT2D eigenvalue weighted by molar-refractivity contribution is 5.93. The predicted octanol–water partition coefficient (Wildman–Crippen LogP) is 2.21. The van der Waals surface area contributed by atoms with Crippen LogP contribution >= 0.6 is 0 Å². The minimum absolute atomic E-state index is 0.0348. The van der Waals surface area contributed by atoms with E-state index in [1.807, 2.05) is 0 Å². The summed E-state index contributed by atoms with van der Waals surface area (Å²) in [6, 6.07) is 7.49. The van der Waals surface area contributed by atoms with Crippen molar-refractivity contribution in [2.24, 2.45) is 0 Å². The number of hydrogen-bond donors (Lipinski definition) is 2. The first kappa shape index (κ1) is 20.0. The van der Waals surface area contributed by atoms with Gasteiger partial charge in [0.15, 0.2) is 17.1 Å². The van der Waals surface area contributed by atoms with Gasteiger partial charge in [0.05, 0.1) is 12.8 Å². The van der Waals surface area contributed by atoms with Gasteiger partial charge in [0.2, 0.25) is 11.7 Å². The number of halogens is 1. The number of nitrogens with zero attached hydrogens (tertiary/aromatic N) is 3. The highest BCUT2D eigenvalue weighted by Crippen LogP contribution is 2.25. The van der Waals surface area contributed by atoms with Crippen molar-refractivity contribution in [3.05, 3.63) is 59.1 Å². The number of aliphatic hydroxyl groups is 1. The number of methoxy groups -OCH3 is 1. The molecule has 0 bridgehead atoms. The van der Waals surface area contributed by atoms with Crippen molar-refractivity contribution >= 4 is 11.7 Å². The Hall–Kier alpha value is -3.77. The molecule has 0 fully saturated rings. The van der Waals surface area contributed by atoms with E-state index in [-0.39, 0.29) is 22.9 Å². The van der Waals surface area contributed by atoms with E-state index in [1.54, 1.807) is 31.2 Å². The van der Waals surface area contributed by atoms with E-state index in [0.29, 0.717) is 17.0 Å². The lowest BCUT2D eigenvalue weighted by atomic mass is 10.0. The zero-order valence-corrected chi connectivity index (χ0v) is 15.9. The van der Waals surface area contributed by atoms with E-state index in [2.05, 4.69) is 31.7 Å². The number of pyridine rings is 1. The lowest BCUT2D eigenvalue weighted by molar-refractivity contribution is 0.0595. The molecule has 2 heterocycles. The van der Waals surface area contributed by atoms with Gasteiger partial charge in [0.25, 0.3) is 0 Å². The second-order valence-corrected chi connectivity index (χ2v) is 6.29. The number of hydrogen-bond acceptors (Lipinski definition) is 8. The van der Waals surface area contributed by atoms with Crippen LogP contribution in [0.4, 0.5) is 10.1 Å². The topological polar surface area (TPSA) is 124 Å². The Morgan fingerprint density at radius 3 is 2.76 bits per heavy atom. The molecule has 148 valence electrons. The molecule has 29 heavy (non-hydrogen) atoms. The Bertz CT molecular complexity index is 1140. The summed E-state index contributed by atoms with van der Waals surface area (Å²) >= 11 is 0. The van der Waals surface area contributed by atoms with E-state index < -0.39 is 17.4 Å². The Labute approximate surface area is 165 Å². The molecule has 0 aliphatic heterocycles. The van der Waals surface area contributed by atoms with Gasteiger partial charge in [-0.05, 0) is 19.1 Å². The van der Waals surface area contributed by atoms with E-state index in [1.165, 1.54) is 14.0 Å². The zero-order valence-electron chi connectivity index (χ0n) is 15.9. The molecule has 9 heteroatoms. The molecule has 0 saturated carbocycles. The van der Waals surface area contributed by atoms with Gasteiger partial charge in [-0.2, -0.15) is 4.98 Å². The van der Waals surface area contributed by atoms with Gasteiger partial charge in [-0.25, -0.2) is 14.2 Å². The number of carbonyl (C=O) groups excluding carboxylic acids is 1. The van der Waals surface area contributed by atoms with Crippen molar-refractivity contribution in [2.75, 3.05) is 12.8 Å². The number of benzene rings is 1. The Balaban J connectivity index is 1.99. The summed E-state index contributed by atoms with van der Waals surface area (Å²) in [5.74, 6) is 4.32. The lowest BCUT2D eigenvalue weighted by Crippen LogP contribution is -2.20. The van der Waals surface area contributed by atoms with Crippen LogP contribution in [0, 0.1) is 24.6 Å². The van der Waals surface area contributed by atoms with E-state index in [4.69, 9.17) is 10.3 Å². The average Bonchev–Trinajstić information content (AvgIpc) is 3.13. The van der Waals surface area contributed by atoms with Gasteiger partial charge in [0.1, 0.15) is 5.69 Å². The second kappa shape index (κ2) is 7.69. The fraction of sp³-hybridized carbons (Fsp3) is 0.200. The lowest BCUT2D eigenvalue weighted by Gasteiger charge is -2.10. The molecule has 3 N–H and O–H groups in total. The Morgan fingerprint density at radius 2 is 2.10 bits per heavy atom. The van der Waals surface area contributed by atoms with Crippen LogP contribution in [-0.2, 0) is 10.3 Å². The summed E-state index contributed by atoms with van der Waals surface area (Å²) in [6.07, 6.45) is 0. The molecule has 3 rings (SSSR count). The average molecular weight is 396 g/mol. The van der Waals surface area contributed by atoms with Crippen molar-refractivity contribution in [3.63, 3.8) is 0 Å². The fourth-order valence-corrected chi connectivity index (χ4v) is 2.46. The van der Waals surface area contributed by atoms with Crippen molar-refractivity contribution in [3.8, 4) is 23.1 Å². The van der Waals surface area contributed by atoms with Gasteiger partial charge in [-0.1, -0.05) is 29.1 Å². The minimum Gasteiger partial charge on any atom is -0.464 e. The number of aryl methyl sites for hydroxylation is 1. The van der Waals surface area contributed by atoms with Crippen LogP contribution in [0.15, 0.2) is 34.9 Å². The SMILES string of the molecule is COC(=O)c1nc(-c2cccc(C#CC(C)(O)c3noc(C)n3)c2)c(F)cc1N. The number of esters is 1. The Kier molecular flexibility index (Phi) is 5.30. The van der Waals surface area contributed by atoms with Gasteiger partial charge in [-0.15, -0.1) is 0 Å². The molecular weight excluding hydrogens is 379 g/mol. The first-order chi connectivity index (χ1) is 13.7. The summed E-state index contributed by atoms with van der Waals surface area (Å²) in [7, 11) is 1.18. The third-order valence-corrected chi connectivity index (χ3v) is 3.93. The fourth-order valence-electron chi connectivity index (χ4n) is 2.46. The van der Waals surface area contributed by atoms with Crippen LogP contribution in [0.3, 0.4) is 0 Å². The molecule has 1 aromatic carbocycles. The second-order valence-electron chi connectivity index (χ2n) is 6.29. The third-order valence-electron chi connectivity index (χ3n) is 3.93. The highest BCUT2D eigenvalue weighted by Gasteiger charge is 2.26. The highest BCUT2D eigenvalue weighted by atomic mass is 19.1. The number of nitrogens with two attached hydrogens (primary N) is 1. The number of carbonyl (C=O) groups is 1. The van der Waals surface area contributed by atoms with Crippen molar-refractivity contribution in [1.82, 2.24) is 15.1 Å². The number of nitrogen functional groups attached to an aromatic ring is 1. The van der Waals surface area contributed by atoms with Gasteiger partial charge >= 0.3 is 5.97 Å².